The predicted octanol–water partition coefficient (Wildman–Crippen LogP) is 3.65. The molecule has 2 aromatic carbocycles. The van der Waals surface area contributed by atoms with E-state index in [9.17, 15) is 9.59 Å². The summed E-state index contributed by atoms with van der Waals surface area (Å²) in [6.07, 6.45) is 2.85. The Kier molecular flexibility index (Phi) is 5.33. The van der Waals surface area contributed by atoms with Crippen LogP contribution >= 0.6 is 0 Å². The zero-order valence-corrected chi connectivity index (χ0v) is 14.3. The first kappa shape index (κ1) is 17.0. The second-order valence-corrected chi connectivity index (χ2v) is 6.25. The van der Waals surface area contributed by atoms with Gasteiger partial charge in [-0.2, -0.15) is 0 Å². The monoisotopic (exact) mass is 337 g/mol. The van der Waals surface area contributed by atoms with Crippen molar-refractivity contribution in [3.05, 3.63) is 54.1 Å². The zero-order valence-electron chi connectivity index (χ0n) is 14.3. The number of aryl methyl sites for hydroxylation is 1. The molecule has 1 aliphatic rings. The van der Waals surface area contributed by atoms with Crippen molar-refractivity contribution in [2.75, 3.05) is 22.5 Å². The third kappa shape index (κ3) is 4.83. The van der Waals surface area contributed by atoms with Crippen molar-refractivity contribution in [3.8, 4) is 0 Å². The van der Waals surface area contributed by atoms with Gasteiger partial charge in [-0.15, -0.1) is 0 Å². The molecule has 3 rings (SSSR count). The van der Waals surface area contributed by atoms with Gasteiger partial charge in [0, 0.05) is 23.0 Å². The van der Waals surface area contributed by atoms with Crippen molar-refractivity contribution < 1.29 is 9.59 Å². The maximum Gasteiger partial charge on any atom is 0.243 e. The van der Waals surface area contributed by atoms with Crippen molar-refractivity contribution in [2.45, 2.75) is 26.2 Å². The van der Waals surface area contributed by atoms with Crippen molar-refractivity contribution >= 4 is 28.9 Å². The molecular weight excluding hydrogens is 314 g/mol. The van der Waals surface area contributed by atoms with Crippen LogP contribution in [0.1, 0.15) is 25.3 Å². The molecule has 130 valence electrons. The molecule has 0 bridgehead atoms. The van der Waals surface area contributed by atoms with E-state index in [0.717, 1.165) is 41.9 Å². The minimum absolute atomic E-state index is 0.0907. The Labute approximate surface area is 147 Å². The Morgan fingerprint density at radius 2 is 1.64 bits per heavy atom. The molecule has 5 heteroatoms. The fraction of sp³-hybridized carbons (Fsp3) is 0.300. The smallest absolute Gasteiger partial charge is 0.243 e. The average molecular weight is 337 g/mol. The number of hydrogen-bond donors (Lipinski definition) is 3. The van der Waals surface area contributed by atoms with Crippen LogP contribution in [0.2, 0.25) is 0 Å². The Balaban J connectivity index is 1.49. The summed E-state index contributed by atoms with van der Waals surface area (Å²) in [6.45, 7) is 2.25. The molecule has 0 aromatic heterocycles. The van der Waals surface area contributed by atoms with Crippen LogP contribution in [-0.4, -0.2) is 18.4 Å². The van der Waals surface area contributed by atoms with E-state index in [4.69, 9.17) is 0 Å². The number of nitrogens with one attached hydrogen (secondary N) is 3. The van der Waals surface area contributed by atoms with Crippen molar-refractivity contribution in [1.82, 2.24) is 0 Å². The number of carbonyl (C=O) groups is 2. The summed E-state index contributed by atoms with van der Waals surface area (Å²) in [6, 6.07) is 15.2. The standard InChI is InChI=1S/C20H23N3O2/c1-2-14-5-3-4-6-18(14)23-19(24)13-21-16-9-11-17(12-10-16)22-20(25)15-7-8-15/h3-6,9-12,15,21H,2,7-8,13H2,1H3,(H,22,25)(H,23,24). The number of rotatable bonds is 7. The van der Waals surface area contributed by atoms with Gasteiger partial charge in [0.15, 0.2) is 0 Å². The highest BCUT2D eigenvalue weighted by atomic mass is 16.2. The number of carbonyl (C=O) groups excluding carboxylic acids is 2. The van der Waals surface area contributed by atoms with Gasteiger partial charge in [0.05, 0.1) is 6.54 Å². The van der Waals surface area contributed by atoms with Gasteiger partial charge in [-0.1, -0.05) is 25.1 Å². The number of hydrogen-bond acceptors (Lipinski definition) is 3. The Morgan fingerprint density at radius 3 is 2.32 bits per heavy atom. The Hall–Kier alpha value is -2.82. The van der Waals surface area contributed by atoms with E-state index in [0.29, 0.717) is 0 Å². The minimum atomic E-state index is -0.0907. The second-order valence-electron chi connectivity index (χ2n) is 6.25. The van der Waals surface area contributed by atoms with Gasteiger partial charge in [-0.05, 0) is 55.2 Å². The van der Waals surface area contributed by atoms with Crippen LogP contribution in [0, 0.1) is 5.92 Å². The molecule has 3 N–H and O–H groups in total. The van der Waals surface area contributed by atoms with Gasteiger partial charge in [-0.3, -0.25) is 9.59 Å². The van der Waals surface area contributed by atoms with Crippen LogP contribution in [0.3, 0.4) is 0 Å². The van der Waals surface area contributed by atoms with Crippen molar-refractivity contribution in [3.63, 3.8) is 0 Å². The molecule has 2 aromatic rings. The lowest BCUT2D eigenvalue weighted by atomic mass is 10.1. The molecule has 0 heterocycles. The highest BCUT2D eigenvalue weighted by Crippen LogP contribution is 2.30. The molecule has 1 aliphatic carbocycles. The molecule has 25 heavy (non-hydrogen) atoms. The number of anilines is 3. The predicted molar refractivity (Wildman–Crippen MR) is 101 cm³/mol. The van der Waals surface area contributed by atoms with E-state index >= 15 is 0 Å². The first-order valence-electron chi connectivity index (χ1n) is 8.68. The van der Waals surface area contributed by atoms with Crippen LogP contribution in [-0.2, 0) is 16.0 Å². The number of benzene rings is 2. The largest absolute Gasteiger partial charge is 0.376 e. The molecule has 1 fully saturated rings. The highest BCUT2D eigenvalue weighted by molar-refractivity contribution is 5.95. The molecule has 0 saturated heterocycles. The molecule has 0 spiro atoms. The van der Waals surface area contributed by atoms with E-state index < -0.39 is 0 Å². The van der Waals surface area contributed by atoms with Gasteiger partial charge < -0.3 is 16.0 Å². The molecule has 5 nitrogen and oxygen atoms in total. The first-order valence-corrected chi connectivity index (χ1v) is 8.68. The van der Waals surface area contributed by atoms with Gasteiger partial charge in [0.1, 0.15) is 0 Å². The minimum Gasteiger partial charge on any atom is -0.376 e. The van der Waals surface area contributed by atoms with E-state index in [2.05, 4.69) is 22.9 Å². The fourth-order valence-corrected chi connectivity index (χ4v) is 2.59. The summed E-state index contributed by atoms with van der Waals surface area (Å²) in [5.74, 6) is 0.189. The average Bonchev–Trinajstić information content (AvgIpc) is 3.47. The van der Waals surface area contributed by atoms with Crippen LogP contribution in [0.5, 0.6) is 0 Å². The van der Waals surface area contributed by atoms with Gasteiger partial charge in [-0.25, -0.2) is 0 Å². The van der Waals surface area contributed by atoms with Gasteiger partial charge >= 0.3 is 0 Å². The quantitative estimate of drug-likeness (QED) is 0.722. The van der Waals surface area contributed by atoms with Crippen LogP contribution in [0.25, 0.3) is 0 Å². The van der Waals surface area contributed by atoms with Crippen LogP contribution in [0.4, 0.5) is 17.1 Å². The SMILES string of the molecule is CCc1ccccc1NC(=O)CNc1ccc(NC(=O)C2CC2)cc1. The second kappa shape index (κ2) is 7.83. The van der Waals surface area contributed by atoms with E-state index in [1.165, 1.54) is 0 Å². The first-order chi connectivity index (χ1) is 12.2. The van der Waals surface area contributed by atoms with Crippen molar-refractivity contribution in [1.29, 1.82) is 0 Å². The summed E-state index contributed by atoms with van der Waals surface area (Å²) < 4.78 is 0. The number of amides is 2. The normalized spacial score (nSPS) is 13.2. The van der Waals surface area contributed by atoms with Crippen LogP contribution < -0.4 is 16.0 Å². The van der Waals surface area contributed by atoms with Crippen LogP contribution in [0.15, 0.2) is 48.5 Å². The molecule has 0 radical (unpaired) electrons. The Bertz CT molecular complexity index is 752. The highest BCUT2D eigenvalue weighted by Gasteiger charge is 2.29. The molecule has 0 aliphatic heterocycles. The zero-order chi connectivity index (χ0) is 17.6. The van der Waals surface area contributed by atoms with Gasteiger partial charge in [0.2, 0.25) is 11.8 Å². The molecule has 0 atom stereocenters. The summed E-state index contributed by atoms with van der Waals surface area (Å²) in [7, 11) is 0. The Morgan fingerprint density at radius 1 is 0.960 bits per heavy atom. The molecule has 2 amide bonds. The topological polar surface area (TPSA) is 70.2 Å². The summed E-state index contributed by atoms with van der Waals surface area (Å²) in [5.41, 5.74) is 3.59. The molecule has 1 saturated carbocycles. The molecular formula is C20H23N3O2. The lowest BCUT2D eigenvalue weighted by Crippen LogP contribution is -2.22. The van der Waals surface area contributed by atoms with E-state index in [-0.39, 0.29) is 24.3 Å². The lowest BCUT2D eigenvalue weighted by molar-refractivity contribution is -0.117. The summed E-state index contributed by atoms with van der Waals surface area (Å²) in [5, 5.41) is 8.92. The fourth-order valence-electron chi connectivity index (χ4n) is 2.59. The van der Waals surface area contributed by atoms with E-state index in [1.54, 1.807) is 0 Å². The molecule has 0 unspecified atom stereocenters. The summed E-state index contributed by atoms with van der Waals surface area (Å²) in [4.78, 5) is 23.8. The summed E-state index contributed by atoms with van der Waals surface area (Å²) >= 11 is 0. The number of para-hydroxylation sites is 1. The van der Waals surface area contributed by atoms with Crippen molar-refractivity contribution in [2.24, 2.45) is 5.92 Å². The maximum absolute atomic E-state index is 12.1. The third-order valence-electron chi connectivity index (χ3n) is 4.23. The lowest BCUT2D eigenvalue weighted by Gasteiger charge is -2.11. The maximum atomic E-state index is 12.1. The van der Waals surface area contributed by atoms with E-state index in [1.807, 2.05) is 48.5 Å². The third-order valence-corrected chi connectivity index (χ3v) is 4.23. The van der Waals surface area contributed by atoms with Gasteiger partial charge in [0.25, 0.3) is 0 Å².